The highest BCUT2D eigenvalue weighted by molar-refractivity contribution is 5.94. The fraction of sp³-hybridized carbons (Fsp3) is 0.412. The monoisotopic (exact) mass is 298 g/mol. The Bertz CT molecular complexity index is 617. The molecule has 1 aromatic heterocycles. The zero-order valence-electron chi connectivity index (χ0n) is 12.9. The molecule has 0 saturated carbocycles. The lowest BCUT2D eigenvalue weighted by molar-refractivity contribution is 0.0796. The minimum absolute atomic E-state index is 0.0799. The molecule has 1 saturated heterocycles. The van der Waals surface area contributed by atoms with Crippen molar-refractivity contribution in [3.63, 3.8) is 0 Å². The van der Waals surface area contributed by atoms with Gasteiger partial charge in [0.15, 0.2) is 0 Å². The van der Waals surface area contributed by atoms with Gasteiger partial charge in [-0.2, -0.15) is 5.10 Å². The van der Waals surface area contributed by atoms with Gasteiger partial charge in [0.25, 0.3) is 5.91 Å². The molecule has 0 spiro atoms. The molecule has 5 nitrogen and oxygen atoms in total. The topological polar surface area (TPSA) is 61.0 Å². The minimum Gasteiger partial charge on any atom is -0.341 e. The Kier molecular flexibility index (Phi) is 4.53. The van der Waals surface area contributed by atoms with E-state index >= 15 is 0 Å². The predicted octanol–water partition coefficient (Wildman–Crippen LogP) is 1.80. The number of hydrogen-bond donors (Lipinski definition) is 2. The van der Waals surface area contributed by atoms with E-state index in [0.29, 0.717) is 12.5 Å². The number of likely N-dealkylation sites (N-methyl/N-ethyl adjacent to an activating group) is 1. The number of hydrogen-bond acceptors (Lipinski definition) is 3. The normalized spacial score (nSPS) is 17.6. The summed E-state index contributed by atoms with van der Waals surface area (Å²) in [5.41, 5.74) is 3.16. The van der Waals surface area contributed by atoms with Crippen LogP contribution < -0.4 is 5.32 Å². The van der Waals surface area contributed by atoms with Crippen molar-refractivity contribution in [3.8, 4) is 0 Å². The lowest BCUT2D eigenvalue weighted by atomic mass is 9.96. The van der Waals surface area contributed by atoms with Crippen LogP contribution in [0.15, 0.2) is 36.7 Å². The lowest BCUT2D eigenvalue weighted by Gasteiger charge is -2.18. The molecule has 2 N–H and O–H groups in total. The Morgan fingerprint density at radius 2 is 2.36 bits per heavy atom. The predicted molar refractivity (Wildman–Crippen MR) is 85.9 cm³/mol. The zero-order chi connectivity index (χ0) is 15.4. The van der Waals surface area contributed by atoms with E-state index in [9.17, 15) is 4.79 Å². The number of nitrogens with zero attached hydrogens (tertiary/aromatic N) is 2. The number of nitrogens with one attached hydrogen (secondary N) is 2. The van der Waals surface area contributed by atoms with Gasteiger partial charge >= 0.3 is 0 Å². The van der Waals surface area contributed by atoms with E-state index < -0.39 is 0 Å². The van der Waals surface area contributed by atoms with E-state index in [0.717, 1.165) is 37.1 Å². The Morgan fingerprint density at radius 1 is 1.45 bits per heavy atom. The minimum atomic E-state index is 0.0799. The standard InChI is InChI=1S/C17H22N4O/c1-21(8-6-13-10-19-20-11-13)17(22)15-4-2-3-14(9-15)16-5-7-18-12-16/h2-4,9-11,16,18H,5-8,12H2,1H3,(H,19,20). The number of H-pyrrole nitrogens is 1. The molecule has 1 aromatic carbocycles. The van der Waals surface area contributed by atoms with Crippen LogP contribution in [0.5, 0.6) is 0 Å². The highest BCUT2D eigenvalue weighted by Crippen LogP contribution is 2.23. The molecule has 5 heteroatoms. The summed E-state index contributed by atoms with van der Waals surface area (Å²) in [6.07, 6.45) is 5.62. The smallest absolute Gasteiger partial charge is 0.253 e. The van der Waals surface area contributed by atoms with Crippen molar-refractivity contribution in [1.82, 2.24) is 20.4 Å². The second-order valence-corrected chi connectivity index (χ2v) is 5.90. The van der Waals surface area contributed by atoms with Crippen molar-refractivity contribution >= 4 is 5.91 Å². The molecule has 1 unspecified atom stereocenters. The number of carbonyl (C=O) groups is 1. The van der Waals surface area contributed by atoms with Gasteiger partial charge in [-0.05, 0) is 48.6 Å². The Balaban J connectivity index is 1.64. The van der Waals surface area contributed by atoms with Gasteiger partial charge in [0, 0.05) is 31.9 Å². The van der Waals surface area contributed by atoms with Crippen molar-refractivity contribution < 1.29 is 4.79 Å². The first kappa shape index (κ1) is 14.8. The first-order valence-electron chi connectivity index (χ1n) is 7.78. The summed E-state index contributed by atoms with van der Waals surface area (Å²) in [5.74, 6) is 0.611. The molecule has 22 heavy (non-hydrogen) atoms. The molecule has 0 bridgehead atoms. The Labute approximate surface area is 130 Å². The third-order valence-electron chi connectivity index (χ3n) is 4.30. The molecule has 1 amide bonds. The van der Waals surface area contributed by atoms with E-state index in [-0.39, 0.29) is 5.91 Å². The summed E-state index contributed by atoms with van der Waals surface area (Å²) in [4.78, 5) is 14.3. The Morgan fingerprint density at radius 3 is 3.09 bits per heavy atom. The van der Waals surface area contributed by atoms with E-state index in [4.69, 9.17) is 0 Å². The maximum atomic E-state index is 12.6. The summed E-state index contributed by atoms with van der Waals surface area (Å²) in [7, 11) is 1.85. The number of benzene rings is 1. The fourth-order valence-electron chi connectivity index (χ4n) is 2.90. The molecule has 1 atom stereocenters. The van der Waals surface area contributed by atoms with Crippen LogP contribution >= 0.6 is 0 Å². The van der Waals surface area contributed by atoms with Gasteiger partial charge in [-0.15, -0.1) is 0 Å². The van der Waals surface area contributed by atoms with Crippen LogP contribution in [0.3, 0.4) is 0 Å². The SMILES string of the molecule is CN(CCc1cn[nH]c1)C(=O)c1cccc(C2CCNC2)c1. The number of rotatable bonds is 5. The van der Waals surface area contributed by atoms with Crippen LogP contribution in [0.25, 0.3) is 0 Å². The first-order chi connectivity index (χ1) is 10.7. The molecule has 0 aliphatic carbocycles. The number of aromatic nitrogens is 2. The average molecular weight is 298 g/mol. The highest BCUT2D eigenvalue weighted by atomic mass is 16.2. The van der Waals surface area contributed by atoms with Crippen LogP contribution in [0, 0.1) is 0 Å². The van der Waals surface area contributed by atoms with Gasteiger partial charge < -0.3 is 10.2 Å². The Hall–Kier alpha value is -2.14. The zero-order valence-corrected chi connectivity index (χ0v) is 12.9. The second kappa shape index (κ2) is 6.75. The molecular weight excluding hydrogens is 276 g/mol. The van der Waals surface area contributed by atoms with Crippen LogP contribution in [0.1, 0.15) is 33.8 Å². The van der Waals surface area contributed by atoms with Gasteiger partial charge in [0.1, 0.15) is 0 Å². The van der Waals surface area contributed by atoms with Crippen molar-refractivity contribution in [2.24, 2.45) is 0 Å². The van der Waals surface area contributed by atoms with Gasteiger partial charge in [-0.1, -0.05) is 12.1 Å². The lowest BCUT2D eigenvalue weighted by Crippen LogP contribution is -2.28. The maximum absolute atomic E-state index is 12.6. The van der Waals surface area contributed by atoms with Crippen molar-refractivity contribution in [1.29, 1.82) is 0 Å². The summed E-state index contributed by atoms with van der Waals surface area (Å²) in [6, 6.07) is 8.07. The van der Waals surface area contributed by atoms with Gasteiger partial charge in [-0.25, -0.2) is 0 Å². The van der Waals surface area contributed by atoms with Gasteiger partial charge in [0.2, 0.25) is 0 Å². The van der Waals surface area contributed by atoms with Crippen LogP contribution in [0.4, 0.5) is 0 Å². The first-order valence-corrected chi connectivity index (χ1v) is 7.78. The van der Waals surface area contributed by atoms with Gasteiger partial charge in [-0.3, -0.25) is 9.89 Å². The molecule has 0 radical (unpaired) electrons. The van der Waals surface area contributed by atoms with Crippen molar-refractivity contribution in [3.05, 3.63) is 53.3 Å². The molecular formula is C17H22N4O. The molecule has 3 rings (SSSR count). The summed E-state index contributed by atoms with van der Waals surface area (Å²) >= 11 is 0. The number of amides is 1. The van der Waals surface area contributed by atoms with E-state index in [2.05, 4.69) is 21.6 Å². The van der Waals surface area contributed by atoms with E-state index in [1.807, 2.05) is 31.4 Å². The maximum Gasteiger partial charge on any atom is 0.253 e. The highest BCUT2D eigenvalue weighted by Gasteiger charge is 2.18. The summed E-state index contributed by atoms with van der Waals surface area (Å²) < 4.78 is 0. The largest absolute Gasteiger partial charge is 0.341 e. The molecule has 1 aliphatic heterocycles. The van der Waals surface area contributed by atoms with Crippen molar-refractivity contribution in [2.75, 3.05) is 26.7 Å². The average Bonchev–Trinajstić information content (AvgIpc) is 3.25. The molecule has 1 fully saturated rings. The molecule has 2 aromatic rings. The second-order valence-electron chi connectivity index (χ2n) is 5.90. The summed E-state index contributed by atoms with van der Waals surface area (Å²) in [6.45, 7) is 2.76. The molecule has 1 aliphatic rings. The fourth-order valence-corrected chi connectivity index (χ4v) is 2.90. The number of carbonyl (C=O) groups excluding carboxylic acids is 1. The molecule has 2 heterocycles. The number of aromatic amines is 1. The third-order valence-corrected chi connectivity index (χ3v) is 4.30. The van der Waals surface area contributed by atoms with Crippen LogP contribution in [-0.2, 0) is 6.42 Å². The van der Waals surface area contributed by atoms with Crippen LogP contribution in [-0.4, -0.2) is 47.7 Å². The van der Waals surface area contributed by atoms with E-state index in [1.165, 1.54) is 5.56 Å². The third kappa shape index (κ3) is 3.36. The molecule has 116 valence electrons. The summed E-state index contributed by atoms with van der Waals surface area (Å²) in [5, 5.41) is 10.1. The van der Waals surface area contributed by atoms with Crippen molar-refractivity contribution in [2.45, 2.75) is 18.8 Å². The quantitative estimate of drug-likeness (QED) is 0.885. The van der Waals surface area contributed by atoms with E-state index in [1.54, 1.807) is 11.1 Å². The van der Waals surface area contributed by atoms with Gasteiger partial charge in [0.05, 0.1) is 6.20 Å². The van der Waals surface area contributed by atoms with Crippen LogP contribution in [0.2, 0.25) is 0 Å².